The van der Waals surface area contributed by atoms with Gasteiger partial charge < -0.3 is 0 Å². The molecule has 0 aromatic carbocycles. The SMILES string of the molecule is CC.CCC.CCc1cccc(C)n1. The minimum absolute atomic E-state index is 1.03. The number of nitrogens with zero attached hydrogens (tertiary/aromatic N) is 1. The highest BCUT2D eigenvalue weighted by Gasteiger charge is 1.87. The Morgan fingerprint density at radius 2 is 1.57 bits per heavy atom. The van der Waals surface area contributed by atoms with Crippen molar-refractivity contribution in [3.8, 4) is 0 Å². The lowest BCUT2D eigenvalue weighted by molar-refractivity contribution is 1.01. The van der Waals surface area contributed by atoms with Crippen LogP contribution in [0.4, 0.5) is 0 Å². The molecule has 1 nitrogen and oxygen atoms in total. The molecule has 0 aliphatic carbocycles. The first-order valence-corrected chi connectivity index (χ1v) is 5.67. The van der Waals surface area contributed by atoms with Crippen molar-refractivity contribution >= 4 is 0 Å². The molecule has 0 bridgehead atoms. The van der Waals surface area contributed by atoms with Crippen LogP contribution in [0.25, 0.3) is 0 Å². The van der Waals surface area contributed by atoms with Gasteiger partial charge in [-0.05, 0) is 25.5 Å². The number of rotatable bonds is 1. The normalized spacial score (nSPS) is 7.86. The monoisotopic (exact) mass is 195 g/mol. The summed E-state index contributed by atoms with van der Waals surface area (Å²) >= 11 is 0. The third-order valence-electron chi connectivity index (χ3n) is 1.31. The largest absolute Gasteiger partial charge is 0.258 e. The zero-order chi connectivity index (χ0) is 11.4. The molecule has 0 saturated heterocycles. The highest BCUT2D eigenvalue weighted by atomic mass is 14.7. The first-order chi connectivity index (χ1) is 6.74. The lowest BCUT2D eigenvalue weighted by atomic mass is 10.3. The Morgan fingerprint density at radius 3 is 1.86 bits per heavy atom. The van der Waals surface area contributed by atoms with Crippen LogP contribution in [0.5, 0.6) is 0 Å². The average molecular weight is 195 g/mol. The minimum Gasteiger partial charge on any atom is -0.258 e. The van der Waals surface area contributed by atoms with Gasteiger partial charge in [-0.3, -0.25) is 4.98 Å². The van der Waals surface area contributed by atoms with Crippen molar-refractivity contribution in [1.29, 1.82) is 0 Å². The summed E-state index contributed by atoms with van der Waals surface area (Å²) in [5.74, 6) is 0. The van der Waals surface area contributed by atoms with Gasteiger partial charge in [0.05, 0.1) is 0 Å². The van der Waals surface area contributed by atoms with Gasteiger partial charge in [-0.1, -0.05) is 47.1 Å². The molecule has 1 aromatic heterocycles. The fourth-order valence-electron chi connectivity index (χ4n) is 0.796. The smallest absolute Gasteiger partial charge is 0.0404 e. The van der Waals surface area contributed by atoms with Crippen molar-refractivity contribution in [3.63, 3.8) is 0 Å². The molecule has 0 atom stereocenters. The third-order valence-corrected chi connectivity index (χ3v) is 1.31. The molecule has 0 aliphatic heterocycles. The summed E-state index contributed by atoms with van der Waals surface area (Å²) in [7, 11) is 0. The first-order valence-electron chi connectivity index (χ1n) is 5.67. The van der Waals surface area contributed by atoms with Gasteiger partial charge in [0.25, 0.3) is 0 Å². The van der Waals surface area contributed by atoms with Crippen LogP contribution < -0.4 is 0 Å². The Bertz CT molecular complexity index is 206. The Hall–Kier alpha value is -0.850. The van der Waals surface area contributed by atoms with Crippen LogP contribution in [-0.2, 0) is 6.42 Å². The van der Waals surface area contributed by atoms with Gasteiger partial charge in [-0.15, -0.1) is 0 Å². The Kier molecular flexibility index (Phi) is 13.6. The summed E-state index contributed by atoms with van der Waals surface area (Å²) in [6.45, 7) is 12.4. The standard InChI is InChI=1S/C8H11N.C3H8.C2H6/c1-3-8-6-4-5-7(2)9-8;1-3-2;1-2/h4-6H,3H2,1-2H3;3H2,1-2H3;1-2H3. The van der Waals surface area contributed by atoms with Crippen LogP contribution >= 0.6 is 0 Å². The lowest BCUT2D eigenvalue weighted by Crippen LogP contribution is -1.87. The van der Waals surface area contributed by atoms with Crippen molar-refractivity contribution in [3.05, 3.63) is 29.6 Å². The second-order valence-corrected chi connectivity index (χ2v) is 2.83. The topological polar surface area (TPSA) is 12.9 Å². The molecule has 1 aromatic rings. The van der Waals surface area contributed by atoms with Crippen molar-refractivity contribution in [2.24, 2.45) is 0 Å². The van der Waals surface area contributed by atoms with Gasteiger partial charge in [0, 0.05) is 11.4 Å². The highest BCUT2D eigenvalue weighted by Crippen LogP contribution is 1.97. The summed E-state index contributed by atoms with van der Waals surface area (Å²) in [5, 5.41) is 0. The van der Waals surface area contributed by atoms with E-state index < -0.39 is 0 Å². The Morgan fingerprint density at radius 1 is 1.07 bits per heavy atom. The van der Waals surface area contributed by atoms with E-state index >= 15 is 0 Å². The molecule has 1 heteroatoms. The van der Waals surface area contributed by atoms with E-state index in [9.17, 15) is 0 Å². The van der Waals surface area contributed by atoms with Gasteiger partial charge >= 0.3 is 0 Å². The van der Waals surface area contributed by atoms with Crippen LogP contribution in [-0.4, -0.2) is 4.98 Å². The molecule has 1 heterocycles. The molecule has 0 amide bonds. The molecule has 82 valence electrons. The molecule has 0 spiro atoms. The first kappa shape index (κ1) is 15.6. The molecular formula is C13H25N. The highest BCUT2D eigenvalue weighted by molar-refractivity contribution is 5.09. The average Bonchev–Trinajstić information content (AvgIpc) is 2.22. The van der Waals surface area contributed by atoms with E-state index in [0.717, 1.165) is 12.1 Å². The minimum atomic E-state index is 1.03. The maximum Gasteiger partial charge on any atom is 0.0404 e. The van der Waals surface area contributed by atoms with Crippen LogP contribution in [0.15, 0.2) is 18.2 Å². The van der Waals surface area contributed by atoms with E-state index in [1.807, 2.05) is 39.0 Å². The van der Waals surface area contributed by atoms with Crippen LogP contribution in [0, 0.1) is 6.92 Å². The number of hydrogen-bond acceptors (Lipinski definition) is 1. The Labute approximate surface area is 89.6 Å². The van der Waals surface area contributed by atoms with Crippen LogP contribution in [0.3, 0.4) is 0 Å². The quantitative estimate of drug-likeness (QED) is 0.647. The maximum absolute atomic E-state index is 4.29. The van der Waals surface area contributed by atoms with Gasteiger partial charge in [0.2, 0.25) is 0 Å². The lowest BCUT2D eigenvalue weighted by Gasteiger charge is -1.94. The fourth-order valence-corrected chi connectivity index (χ4v) is 0.796. The number of aryl methyl sites for hydroxylation is 2. The summed E-state index contributed by atoms with van der Waals surface area (Å²) in [5.41, 5.74) is 2.28. The van der Waals surface area contributed by atoms with Crippen LogP contribution in [0.1, 0.15) is 52.4 Å². The predicted molar refractivity (Wildman–Crippen MR) is 65.7 cm³/mol. The zero-order valence-electron chi connectivity index (χ0n) is 10.6. The zero-order valence-corrected chi connectivity index (χ0v) is 10.6. The fraction of sp³-hybridized carbons (Fsp3) is 0.615. The Balaban J connectivity index is 0. The van der Waals surface area contributed by atoms with E-state index in [0.29, 0.717) is 0 Å². The van der Waals surface area contributed by atoms with Gasteiger partial charge in [-0.2, -0.15) is 0 Å². The molecular weight excluding hydrogens is 170 g/mol. The van der Waals surface area contributed by atoms with Gasteiger partial charge in [-0.25, -0.2) is 0 Å². The second kappa shape index (κ2) is 12.2. The molecule has 0 N–H and O–H groups in total. The number of pyridine rings is 1. The number of aromatic nitrogens is 1. The van der Waals surface area contributed by atoms with Crippen molar-refractivity contribution < 1.29 is 0 Å². The van der Waals surface area contributed by atoms with E-state index in [-0.39, 0.29) is 0 Å². The van der Waals surface area contributed by atoms with Crippen molar-refractivity contribution in [1.82, 2.24) is 4.98 Å². The maximum atomic E-state index is 4.29. The predicted octanol–water partition coefficient (Wildman–Crippen LogP) is 4.39. The summed E-state index contributed by atoms with van der Waals surface area (Å²) < 4.78 is 0. The number of hydrogen-bond donors (Lipinski definition) is 0. The second-order valence-electron chi connectivity index (χ2n) is 2.83. The van der Waals surface area contributed by atoms with E-state index in [1.165, 1.54) is 12.1 Å². The summed E-state index contributed by atoms with van der Waals surface area (Å²) in [4.78, 5) is 4.29. The molecule has 0 radical (unpaired) electrons. The van der Waals surface area contributed by atoms with E-state index in [4.69, 9.17) is 0 Å². The van der Waals surface area contributed by atoms with Gasteiger partial charge in [0.15, 0.2) is 0 Å². The van der Waals surface area contributed by atoms with Gasteiger partial charge in [0.1, 0.15) is 0 Å². The molecule has 0 saturated carbocycles. The third kappa shape index (κ3) is 9.24. The summed E-state index contributed by atoms with van der Waals surface area (Å²) in [6, 6.07) is 6.10. The van der Waals surface area contributed by atoms with E-state index in [1.54, 1.807) is 0 Å². The molecule has 14 heavy (non-hydrogen) atoms. The summed E-state index contributed by atoms with van der Waals surface area (Å²) in [6.07, 6.45) is 2.28. The van der Waals surface area contributed by atoms with Crippen molar-refractivity contribution in [2.45, 2.75) is 54.4 Å². The molecule has 0 aliphatic rings. The molecule has 0 fully saturated rings. The van der Waals surface area contributed by atoms with Crippen molar-refractivity contribution in [2.75, 3.05) is 0 Å². The van der Waals surface area contributed by atoms with E-state index in [2.05, 4.69) is 25.8 Å². The molecule has 1 rings (SSSR count). The van der Waals surface area contributed by atoms with Crippen LogP contribution in [0.2, 0.25) is 0 Å². The molecule has 0 unspecified atom stereocenters.